The van der Waals surface area contributed by atoms with Gasteiger partial charge in [0.1, 0.15) is 0 Å². The molecule has 0 unspecified atom stereocenters. The Morgan fingerprint density at radius 3 is 2.40 bits per heavy atom. The Morgan fingerprint density at radius 1 is 1.20 bits per heavy atom. The van der Waals surface area contributed by atoms with E-state index in [0.29, 0.717) is 16.9 Å². The molecule has 2 rings (SSSR count). The lowest BCUT2D eigenvalue weighted by Gasteiger charge is -2.02. The second-order valence-corrected chi connectivity index (χ2v) is 3.46. The smallest absolute Gasteiger partial charge is 0.209 e. The third kappa shape index (κ3) is 1.76. The Balaban J connectivity index is 2.37. The van der Waals surface area contributed by atoms with Gasteiger partial charge in [0, 0.05) is 24.5 Å². The SMILES string of the molecule is Cn1cccc1C(=O)c1ccc(N)cc1. The highest BCUT2D eigenvalue weighted by molar-refractivity contribution is 6.08. The zero-order valence-corrected chi connectivity index (χ0v) is 8.47. The molecule has 1 aromatic heterocycles. The van der Waals surface area contributed by atoms with Crippen LogP contribution in [0.15, 0.2) is 42.6 Å². The molecule has 0 amide bonds. The van der Waals surface area contributed by atoms with Crippen molar-refractivity contribution in [3.63, 3.8) is 0 Å². The molecular weight excluding hydrogens is 188 g/mol. The minimum atomic E-state index is 0.0162. The Bertz CT molecular complexity index is 483. The molecule has 0 atom stereocenters. The number of rotatable bonds is 2. The largest absolute Gasteiger partial charge is 0.399 e. The first-order valence-corrected chi connectivity index (χ1v) is 4.70. The second-order valence-electron chi connectivity index (χ2n) is 3.46. The first-order chi connectivity index (χ1) is 7.18. The maximum Gasteiger partial charge on any atom is 0.209 e. The number of carbonyl (C=O) groups is 1. The summed E-state index contributed by atoms with van der Waals surface area (Å²) in [7, 11) is 1.85. The van der Waals surface area contributed by atoms with E-state index < -0.39 is 0 Å². The lowest BCUT2D eigenvalue weighted by Crippen LogP contribution is -2.06. The van der Waals surface area contributed by atoms with Gasteiger partial charge in [0.25, 0.3) is 0 Å². The topological polar surface area (TPSA) is 48.0 Å². The molecule has 15 heavy (non-hydrogen) atoms. The lowest BCUT2D eigenvalue weighted by molar-refractivity contribution is 0.103. The van der Waals surface area contributed by atoms with Gasteiger partial charge < -0.3 is 10.3 Å². The third-order valence-electron chi connectivity index (χ3n) is 2.35. The number of nitrogens with zero attached hydrogens (tertiary/aromatic N) is 1. The van der Waals surface area contributed by atoms with Crippen LogP contribution in [0, 0.1) is 0 Å². The van der Waals surface area contributed by atoms with Gasteiger partial charge in [0.05, 0.1) is 5.69 Å². The molecule has 0 spiro atoms. The van der Waals surface area contributed by atoms with Crippen LogP contribution in [0.25, 0.3) is 0 Å². The van der Waals surface area contributed by atoms with E-state index in [1.54, 1.807) is 34.9 Å². The summed E-state index contributed by atoms with van der Waals surface area (Å²) in [5.41, 5.74) is 7.56. The molecule has 0 saturated heterocycles. The predicted octanol–water partition coefficient (Wildman–Crippen LogP) is 1.84. The van der Waals surface area contributed by atoms with Gasteiger partial charge in [-0.1, -0.05) is 0 Å². The summed E-state index contributed by atoms with van der Waals surface area (Å²) in [6.07, 6.45) is 1.85. The number of aromatic nitrogens is 1. The molecule has 0 aliphatic heterocycles. The highest BCUT2D eigenvalue weighted by Crippen LogP contribution is 2.11. The summed E-state index contributed by atoms with van der Waals surface area (Å²) >= 11 is 0. The number of nitrogen functional groups attached to an aromatic ring is 1. The maximum absolute atomic E-state index is 12.0. The van der Waals surface area contributed by atoms with Gasteiger partial charge in [-0.2, -0.15) is 0 Å². The van der Waals surface area contributed by atoms with Crippen molar-refractivity contribution in [2.24, 2.45) is 7.05 Å². The summed E-state index contributed by atoms with van der Waals surface area (Å²) in [5, 5.41) is 0. The van der Waals surface area contributed by atoms with E-state index in [1.165, 1.54) is 0 Å². The van der Waals surface area contributed by atoms with Crippen LogP contribution in [0.4, 0.5) is 5.69 Å². The molecule has 0 aliphatic rings. The Kier molecular flexibility index (Phi) is 2.29. The number of hydrogen-bond donors (Lipinski definition) is 1. The van der Waals surface area contributed by atoms with Crippen molar-refractivity contribution < 1.29 is 4.79 Å². The third-order valence-corrected chi connectivity index (χ3v) is 2.35. The average molecular weight is 200 g/mol. The molecule has 1 aromatic carbocycles. The zero-order chi connectivity index (χ0) is 10.8. The molecule has 2 N–H and O–H groups in total. The first kappa shape index (κ1) is 9.52. The van der Waals surface area contributed by atoms with Gasteiger partial charge in [0.15, 0.2) is 0 Å². The van der Waals surface area contributed by atoms with E-state index in [0.717, 1.165) is 0 Å². The van der Waals surface area contributed by atoms with Crippen molar-refractivity contribution in [3.8, 4) is 0 Å². The summed E-state index contributed by atoms with van der Waals surface area (Å²) < 4.78 is 1.80. The molecule has 1 heterocycles. The summed E-state index contributed by atoms with van der Waals surface area (Å²) in [6, 6.07) is 10.6. The van der Waals surface area contributed by atoms with E-state index in [9.17, 15) is 4.79 Å². The van der Waals surface area contributed by atoms with Gasteiger partial charge in [-0.15, -0.1) is 0 Å². The van der Waals surface area contributed by atoms with Crippen molar-refractivity contribution in [3.05, 3.63) is 53.9 Å². The normalized spacial score (nSPS) is 10.2. The summed E-state index contributed by atoms with van der Waals surface area (Å²) in [4.78, 5) is 12.0. The Labute approximate surface area is 88.1 Å². The quantitative estimate of drug-likeness (QED) is 0.594. The van der Waals surface area contributed by atoms with Gasteiger partial charge >= 0.3 is 0 Å². The van der Waals surface area contributed by atoms with Gasteiger partial charge in [-0.3, -0.25) is 4.79 Å². The summed E-state index contributed by atoms with van der Waals surface area (Å²) in [5.74, 6) is 0.0162. The van der Waals surface area contributed by atoms with Crippen LogP contribution in [0.3, 0.4) is 0 Å². The standard InChI is InChI=1S/C12H12N2O/c1-14-8-2-3-11(14)12(15)9-4-6-10(13)7-5-9/h2-8H,13H2,1H3. The minimum absolute atomic E-state index is 0.0162. The second kappa shape index (κ2) is 3.61. The molecule has 3 nitrogen and oxygen atoms in total. The van der Waals surface area contributed by atoms with Crippen molar-refractivity contribution in [1.82, 2.24) is 4.57 Å². The van der Waals surface area contributed by atoms with Crippen LogP contribution in [-0.4, -0.2) is 10.4 Å². The Hall–Kier alpha value is -2.03. The number of anilines is 1. The minimum Gasteiger partial charge on any atom is -0.399 e. The average Bonchev–Trinajstić information content (AvgIpc) is 2.65. The fourth-order valence-electron chi connectivity index (χ4n) is 1.48. The van der Waals surface area contributed by atoms with E-state index in [4.69, 9.17) is 5.73 Å². The Morgan fingerprint density at radius 2 is 1.87 bits per heavy atom. The molecular formula is C12H12N2O. The molecule has 0 radical (unpaired) electrons. The van der Waals surface area contributed by atoms with Gasteiger partial charge in [-0.25, -0.2) is 0 Å². The van der Waals surface area contributed by atoms with Crippen LogP contribution < -0.4 is 5.73 Å². The lowest BCUT2D eigenvalue weighted by atomic mass is 10.1. The molecule has 0 fully saturated rings. The maximum atomic E-state index is 12.0. The van der Waals surface area contributed by atoms with Crippen molar-refractivity contribution in [2.75, 3.05) is 5.73 Å². The zero-order valence-electron chi connectivity index (χ0n) is 8.47. The number of hydrogen-bond acceptors (Lipinski definition) is 2. The van der Waals surface area contributed by atoms with Crippen LogP contribution in [0.1, 0.15) is 16.1 Å². The predicted molar refractivity (Wildman–Crippen MR) is 59.7 cm³/mol. The molecule has 3 heteroatoms. The van der Waals surface area contributed by atoms with Gasteiger partial charge in [0.2, 0.25) is 5.78 Å². The summed E-state index contributed by atoms with van der Waals surface area (Å²) in [6.45, 7) is 0. The molecule has 0 saturated carbocycles. The van der Waals surface area contributed by atoms with Crippen LogP contribution in [0.5, 0.6) is 0 Å². The number of benzene rings is 1. The first-order valence-electron chi connectivity index (χ1n) is 4.70. The fourth-order valence-corrected chi connectivity index (χ4v) is 1.48. The van der Waals surface area contributed by atoms with E-state index in [1.807, 2.05) is 19.3 Å². The highest BCUT2D eigenvalue weighted by atomic mass is 16.1. The monoisotopic (exact) mass is 200 g/mol. The molecule has 0 aliphatic carbocycles. The van der Waals surface area contributed by atoms with Crippen molar-refractivity contribution in [1.29, 1.82) is 0 Å². The van der Waals surface area contributed by atoms with E-state index >= 15 is 0 Å². The van der Waals surface area contributed by atoms with Crippen LogP contribution in [0.2, 0.25) is 0 Å². The van der Waals surface area contributed by atoms with Crippen LogP contribution in [-0.2, 0) is 7.05 Å². The van der Waals surface area contributed by atoms with E-state index in [2.05, 4.69) is 0 Å². The number of carbonyl (C=O) groups excluding carboxylic acids is 1. The molecule has 2 aromatic rings. The van der Waals surface area contributed by atoms with Crippen molar-refractivity contribution in [2.45, 2.75) is 0 Å². The van der Waals surface area contributed by atoms with Gasteiger partial charge in [-0.05, 0) is 36.4 Å². The van der Waals surface area contributed by atoms with Crippen LogP contribution >= 0.6 is 0 Å². The number of ketones is 1. The van der Waals surface area contributed by atoms with E-state index in [-0.39, 0.29) is 5.78 Å². The number of nitrogens with two attached hydrogens (primary N) is 1. The fraction of sp³-hybridized carbons (Fsp3) is 0.0833. The number of aryl methyl sites for hydroxylation is 1. The molecule has 0 bridgehead atoms. The highest BCUT2D eigenvalue weighted by Gasteiger charge is 2.10. The molecule has 76 valence electrons. The van der Waals surface area contributed by atoms with Crippen molar-refractivity contribution >= 4 is 11.5 Å².